The first-order chi connectivity index (χ1) is 11.8. The van der Waals surface area contributed by atoms with Gasteiger partial charge >= 0.3 is 0 Å². The van der Waals surface area contributed by atoms with Crippen LogP contribution < -0.4 is 5.11 Å². The fourth-order valence-corrected chi connectivity index (χ4v) is 4.65. The van der Waals surface area contributed by atoms with Gasteiger partial charge < -0.3 is 5.11 Å². The SMILES string of the molecule is CC(CP=C([O-])c1c(C(C)C)cc(C(C)C)cc1C(C)C)CC(C)(C)C. The highest BCUT2D eigenvalue weighted by Gasteiger charge is 2.18. The van der Waals surface area contributed by atoms with Gasteiger partial charge in [0.15, 0.2) is 0 Å². The first kappa shape index (κ1) is 23.4. The fourth-order valence-electron chi connectivity index (χ4n) is 3.63. The smallest absolute Gasteiger partial charge is 0.00899 e. The van der Waals surface area contributed by atoms with Crippen molar-refractivity contribution in [3.63, 3.8) is 0 Å². The zero-order chi connectivity index (χ0) is 20.2. The Hall–Kier alpha value is -0.650. The van der Waals surface area contributed by atoms with Crippen LogP contribution in [0.25, 0.3) is 0 Å². The topological polar surface area (TPSA) is 23.1 Å². The van der Waals surface area contributed by atoms with Gasteiger partial charge in [-0.05, 0) is 63.9 Å². The van der Waals surface area contributed by atoms with Crippen molar-refractivity contribution in [3.8, 4) is 0 Å². The molecule has 0 aromatic heterocycles. The molecule has 0 saturated heterocycles. The summed E-state index contributed by atoms with van der Waals surface area (Å²) < 4.78 is 0. The Balaban J connectivity index is 3.33. The van der Waals surface area contributed by atoms with Crippen molar-refractivity contribution in [3.05, 3.63) is 34.4 Å². The second kappa shape index (κ2) is 9.52. The maximum atomic E-state index is 13.2. The zero-order valence-corrected chi connectivity index (χ0v) is 19.6. The van der Waals surface area contributed by atoms with Gasteiger partial charge in [-0.2, -0.15) is 0 Å². The second-order valence-corrected chi connectivity index (χ2v) is 11.1. The summed E-state index contributed by atoms with van der Waals surface area (Å²) in [6.07, 6.45) is 2.12. The molecule has 0 heterocycles. The molecule has 0 radical (unpaired) electrons. The van der Waals surface area contributed by atoms with Crippen LogP contribution in [0.3, 0.4) is 0 Å². The molecular weight excluding hydrogens is 335 g/mol. The van der Waals surface area contributed by atoms with E-state index in [1.165, 1.54) is 16.7 Å². The molecule has 0 aliphatic carbocycles. The van der Waals surface area contributed by atoms with Crippen LogP contribution in [0.1, 0.15) is 116 Å². The number of rotatable bonds is 7. The van der Waals surface area contributed by atoms with Gasteiger partial charge in [-0.15, -0.1) is 13.7 Å². The molecule has 0 aliphatic rings. The zero-order valence-electron chi connectivity index (χ0n) is 18.7. The lowest BCUT2D eigenvalue weighted by Crippen LogP contribution is -2.23. The number of hydrogen-bond donors (Lipinski definition) is 0. The van der Waals surface area contributed by atoms with Gasteiger partial charge in [-0.3, -0.25) is 0 Å². The van der Waals surface area contributed by atoms with Gasteiger partial charge in [0.25, 0.3) is 0 Å². The van der Waals surface area contributed by atoms with Crippen LogP contribution in [0, 0.1) is 11.3 Å². The van der Waals surface area contributed by atoms with Crippen LogP contribution in [0.15, 0.2) is 12.1 Å². The van der Waals surface area contributed by atoms with Gasteiger partial charge in [0.1, 0.15) is 0 Å². The Labute approximate surface area is 164 Å². The van der Waals surface area contributed by atoms with E-state index in [1.54, 1.807) is 0 Å². The van der Waals surface area contributed by atoms with Crippen molar-refractivity contribution >= 4 is 13.7 Å². The summed E-state index contributed by atoms with van der Waals surface area (Å²) in [6.45, 7) is 22.4. The maximum Gasteiger partial charge on any atom is -0.00899 e. The van der Waals surface area contributed by atoms with Crippen molar-refractivity contribution in [2.75, 3.05) is 6.16 Å². The molecule has 1 aromatic carbocycles. The fraction of sp³-hybridized carbons (Fsp3) is 0.708. The third-order valence-electron chi connectivity index (χ3n) is 4.85. The van der Waals surface area contributed by atoms with Crippen LogP contribution in [-0.4, -0.2) is 11.6 Å². The van der Waals surface area contributed by atoms with E-state index in [9.17, 15) is 5.11 Å². The van der Waals surface area contributed by atoms with E-state index in [-0.39, 0.29) is 0 Å². The predicted molar refractivity (Wildman–Crippen MR) is 118 cm³/mol. The van der Waals surface area contributed by atoms with E-state index in [4.69, 9.17) is 0 Å². The lowest BCUT2D eigenvalue weighted by molar-refractivity contribution is -0.207. The van der Waals surface area contributed by atoms with Crippen LogP contribution in [0.4, 0.5) is 0 Å². The van der Waals surface area contributed by atoms with Crippen LogP contribution >= 0.6 is 8.20 Å². The normalized spacial score (nSPS) is 14.6. The highest BCUT2D eigenvalue weighted by atomic mass is 31.1. The Kier molecular flexibility index (Phi) is 8.56. The monoisotopic (exact) mass is 375 g/mol. The van der Waals surface area contributed by atoms with E-state index in [0.29, 0.717) is 34.6 Å². The summed E-state index contributed by atoms with van der Waals surface area (Å²) >= 11 is 0. The first-order valence-electron chi connectivity index (χ1n) is 10.2. The molecule has 1 rings (SSSR count). The van der Waals surface area contributed by atoms with E-state index in [2.05, 4.69) is 81.4 Å². The van der Waals surface area contributed by atoms with E-state index in [0.717, 1.165) is 26.4 Å². The molecule has 1 atom stereocenters. The molecule has 0 N–H and O–H groups in total. The molecule has 148 valence electrons. The van der Waals surface area contributed by atoms with Crippen molar-refractivity contribution in [2.24, 2.45) is 11.3 Å². The molecule has 0 amide bonds. The maximum absolute atomic E-state index is 13.2. The second-order valence-electron chi connectivity index (χ2n) is 10.1. The first-order valence-corrected chi connectivity index (χ1v) is 11.3. The molecular formula is C24H40OP-. The molecule has 0 aliphatic heterocycles. The molecule has 0 saturated carbocycles. The minimum Gasteiger partial charge on any atom is -0.824 e. The molecule has 0 fully saturated rings. The number of hydrogen-bond acceptors (Lipinski definition) is 1. The summed E-state index contributed by atoms with van der Waals surface area (Å²) in [7, 11) is 0.949. The molecule has 0 bridgehead atoms. The van der Waals surface area contributed by atoms with Crippen LogP contribution in [0.2, 0.25) is 0 Å². The summed E-state index contributed by atoms with van der Waals surface area (Å²) in [5.74, 6) is 1.79. The van der Waals surface area contributed by atoms with E-state index >= 15 is 0 Å². The standard InChI is InChI=1S/C24H41OP/c1-15(2)19-11-20(16(3)4)22(21(12-19)17(5)6)23(25)26-14-18(7)13-24(8,9)10/h11-12,15-18,25H,13-14H2,1-10H3/p-1. The Bertz CT molecular complexity index is 589. The van der Waals surface area contributed by atoms with Gasteiger partial charge in [0, 0.05) is 0 Å². The van der Waals surface area contributed by atoms with Crippen LogP contribution in [-0.2, 0) is 0 Å². The third kappa shape index (κ3) is 6.82. The summed E-state index contributed by atoms with van der Waals surface area (Å²) in [5.41, 5.74) is 5.47. The average molecular weight is 376 g/mol. The highest BCUT2D eigenvalue weighted by molar-refractivity contribution is 7.40. The molecule has 0 spiro atoms. The molecule has 1 nitrogen and oxygen atoms in total. The molecule has 2 heteroatoms. The predicted octanol–water partition coefficient (Wildman–Crippen LogP) is 6.91. The molecule has 1 aromatic rings. The Morgan fingerprint density at radius 2 is 1.35 bits per heavy atom. The average Bonchev–Trinajstić information content (AvgIpc) is 2.49. The Morgan fingerprint density at radius 3 is 1.69 bits per heavy atom. The van der Waals surface area contributed by atoms with E-state index < -0.39 is 0 Å². The minimum absolute atomic E-state index is 0.313. The highest BCUT2D eigenvalue weighted by Crippen LogP contribution is 2.33. The minimum atomic E-state index is 0.313. The van der Waals surface area contributed by atoms with Gasteiger partial charge in [-0.1, -0.05) is 81.4 Å². The lowest BCUT2D eigenvalue weighted by Gasteiger charge is -2.28. The molecule has 1 unspecified atom stereocenters. The Morgan fingerprint density at radius 1 is 0.885 bits per heavy atom. The summed E-state index contributed by atoms with van der Waals surface area (Å²) in [5, 5.41) is 13.2. The van der Waals surface area contributed by atoms with Crippen molar-refractivity contribution < 1.29 is 5.11 Å². The quantitative estimate of drug-likeness (QED) is 0.475. The van der Waals surface area contributed by atoms with Gasteiger partial charge in [-0.25, -0.2) is 0 Å². The van der Waals surface area contributed by atoms with Crippen molar-refractivity contribution in [1.82, 2.24) is 0 Å². The summed E-state index contributed by atoms with van der Waals surface area (Å²) in [6, 6.07) is 4.56. The van der Waals surface area contributed by atoms with Crippen molar-refractivity contribution in [1.29, 1.82) is 0 Å². The molecule has 26 heavy (non-hydrogen) atoms. The summed E-state index contributed by atoms with van der Waals surface area (Å²) in [4.78, 5) is 0. The van der Waals surface area contributed by atoms with Gasteiger partial charge in [0.2, 0.25) is 0 Å². The van der Waals surface area contributed by atoms with Crippen molar-refractivity contribution in [2.45, 2.75) is 93.4 Å². The van der Waals surface area contributed by atoms with Gasteiger partial charge in [0.05, 0.1) is 0 Å². The number of benzene rings is 1. The lowest BCUT2D eigenvalue weighted by atomic mass is 9.85. The van der Waals surface area contributed by atoms with E-state index in [1.807, 2.05) is 0 Å². The largest absolute Gasteiger partial charge is 0.824 e. The van der Waals surface area contributed by atoms with Crippen LogP contribution in [0.5, 0.6) is 0 Å². The third-order valence-corrected chi connectivity index (χ3v) is 6.17.